The summed E-state index contributed by atoms with van der Waals surface area (Å²) in [5, 5.41) is 0. The Morgan fingerprint density at radius 3 is 2.46 bits per heavy atom. The van der Waals surface area contributed by atoms with Crippen LogP contribution in [0.5, 0.6) is 0 Å². The van der Waals surface area contributed by atoms with Gasteiger partial charge in [0.05, 0.1) is 0 Å². The first-order valence-electron chi connectivity index (χ1n) is 5.25. The Morgan fingerprint density at radius 1 is 1.23 bits per heavy atom. The fourth-order valence-corrected chi connectivity index (χ4v) is 1.25. The van der Waals surface area contributed by atoms with Gasteiger partial charge in [0.2, 0.25) is 0 Å². The maximum Gasteiger partial charge on any atom is 0.122 e. The van der Waals surface area contributed by atoms with Crippen LogP contribution in [0, 0.1) is 5.92 Å². The lowest BCUT2D eigenvalue weighted by Gasteiger charge is -2.01. The Hall–Kier alpha value is -0.590. The summed E-state index contributed by atoms with van der Waals surface area (Å²) in [4.78, 5) is 10.3. The molecule has 0 saturated carbocycles. The number of hydrogen-bond donors (Lipinski definition) is 0. The van der Waals surface area contributed by atoms with Crippen molar-refractivity contribution in [3.63, 3.8) is 0 Å². The van der Waals surface area contributed by atoms with Crippen molar-refractivity contribution in [2.45, 2.75) is 52.9 Å². The molecule has 0 aliphatic heterocycles. The third-order valence-corrected chi connectivity index (χ3v) is 2.15. The number of carbonyl (C=O) groups excluding carboxylic acids is 1. The van der Waals surface area contributed by atoms with E-state index in [4.69, 9.17) is 0 Å². The molecule has 0 N–H and O–H groups in total. The van der Waals surface area contributed by atoms with E-state index in [1.54, 1.807) is 0 Å². The molecule has 0 heterocycles. The Bertz CT molecular complexity index is 155. The van der Waals surface area contributed by atoms with E-state index >= 15 is 0 Å². The SMILES string of the molecule is CC(C)=CCCCCCC(C)C=O. The first kappa shape index (κ1) is 12.4. The lowest BCUT2D eigenvalue weighted by atomic mass is 10.0. The van der Waals surface area contributed by atoms with Crippen molar-refractivity contribution in [2.75, 3.05) is 0 Å². The topological polar surface area (TPSA) is 17.1 Å². The third-order valence-electron chi connectivity index (χ3n) is 2.15. The van der Waals surface area contributed by atoms with Gasteiger partial charge < -0.3 is 4.79 Å². The number of rotatable bonds is 7. The fraction of sp³-hybridized carbons (Fsp3) is 0.750. The minimum absolute atomic E-state index is 0.253. The van der Waals surface area contributed by atoms with E-state index in [9.17, 15) is 4.79 Å². The second-order valence-corrected chi connectivity index (χ2v) is 4.03. The quantitative estimate of drug-likeness (QED) is 0.333. The largest absolute Gasteiger partial charge is 0.303 e. The molecule has 0 amide bonds. The molecule has 0 aliphatic rings. The summed E-state index contributed by atoms with van der Waals surface area (Å²) in [6, 6.07) is 0. The van der Waals surface area contributed by atoms with Crippen LogP contribution in [0.15, 0.2) is 11.6 Å². The van der Waals surface area contributed by atoms with E-state index in [0.717, 1.165) is 12.7 Å². The predicted octanol–water partition coefficient (Wildman–Crippen LogP) is 3.74. The molecule has 0 aromatic rings. The molecule has 1 atom stereocenters. The van der Waals surface area contributed by atoms with Crippen LogP contribution < -0.4 is 0 Å². The average molecular weight is 182 g/mol. The highest BCUT2D eigenvalue weighted by Gasteiger charge is 1.97. The lowest BCUT2D eigenvalue weighted by Crippen LogP contribution is -1.94. The number of allylic oxidation sites excluding steroid dienone is 2. The van der Waals surface area contributed by atoms with E-state index in [0.29, 0.717) is 0 Å². The molecule has 0 aromatic heterocycles. The van der Waals surface area contributed by atoms with Crippen molar-refractivity contribution < 1.29 is 4.79 Å². The molecular formula is C12H22O. The van der Waals surface area contributed by atoms with Crippen LogP contribution in [0.25, 0.3) is 0 Å². The Balaban J connectivity index is 3.17. The third kappa shape index (κ3) is 9.32. The Labute approximate surface area is 82.2 Å². The van der Waals surface area contributed by atoms with Crippen molar-refractivity contribution in [3.8, 4) is 0 Å². The molecule has 1 unspecified atom stereocenters. The van der Waals surface area contributed by atoms with E-state index in [2.05, 4.69) is 19.9 Å². The summed E-state index contributed by atoms with van der Waals surface area (Å²) in [6.45, 7) is 6.26. The van der Waals surface area contributed by atoms with Gasteiger partial charge in [0.1, 0.15) is 6.29 Å². The molecule has 13 heavy (non-hydrogen) atoms. The Kier molecular flexibility index (Phi) is 7.66. The minimum Gasteiger partial charge on any atom is -0.303 e. The van der Waals surface area contributed by atoms with Gasteiger partial charge in [0, 0.05) is 5.92 Å². The van der Waals surface area contributed by atoms with Gasteiger partial charge in [-0.2, -0.15) is 0 Å². The monoisotopic (exact) mass is 182 g/mol. The second-order valence-electron chi connectivity index (χ2n) is 4.03. The molecule has 0 bridgehead atoms. The highest BCUT2D eigenvalue weighted by atomic mass is 16.1. The molecule has 0 fully saturated rings. The van der Waals surface area contributed by atoms with Gasteiger partial charge in [-0.3, -0.25) is 0 Å². The Morgan fingerprint density at radius 2 is 1.92 bits per heavy atom. The zero-order chi connectivity index (χ0) is 10.1. The molecule has 0 rings (SSSR count). The summed E-state index contributed by atoms with van der Waals surface area (Å²) in [7, 11) is 0. The maximum atomic E-state index is 10.3. The highest BCUT2D eigenvalue weighted by molar-refractivity contribution is 5.52. The van der Waals surface area contributed by atoms with Crippen LogP contribution in [-0.4, -0.2) is 6.29 Å². The highest BCUT2D eigenvalue weighted by Crippen LogP contribution is 2.09. The molecule has 1 heteroatoms. The van der Waals surface area contributed by atoms with Gasteiger partial charge in [-0.1, -0.05) is 31.4 Å². The van der Waals surface area contributed by atoms with E-state index < -0.39 is 0 Å². The summed E-state index contributed by atoms with van der Waals surface area (Å²) >= 11 is 0. The number of unbranched alkanes of at least 4 members (excludes halogenated alkanes) is 3. The van der Waals surface area contributed by atoms with Gasteiger partial charge in [0.15, 0.2) is 0 Å². The maximum absolute atomic E-state index is 10.3. The summed E-state index contributed by atoms with van der Waals surface area (Å²) in [5.41, 5.74) is 1.40. The van der Waals surface area contributed by atoms with Gasteiger partial charge >= 0.3 is 0 Å². The van der Waals surface area contributed by atoms with Crippen molar-refractivity contribution in [1.82, 2.24) is 0 Å². The average Bonchev–Trinajstić information content (AvgIpc) is 2.10. The zero-order valence-electron chi connectivity index (χ0n) is 9.18. The van der Waals surface area contributed by atoms with Crippen molar-refractivity contribution in [1.29, 1.82) is 0 Å². The van der Waals surface area contributed by atoms with Crippen LogP contribution in [-0.2, 0) is 4.79 Å². The van der Waals surface area contributed by atoms with Gasteiger partial charge in [-0.25, -0.2) is 0 Å². The summed E-state index contributed by atoms with van der Waals surface area (Å²) < 4.78 is 0. The fourth-order valence-electron chi connectivity index (χ4n) is 1.25. The molecular weight excluding hydrogens is 160 g/mol. The smallest absolute Gasteiger partial charge is 0.122 e. The summed E-state index contributed by atoms with van der Waals surface area (Å²) in [5.74, 6) is 0.253. The lowest BCUT2D eigenvalue weighted by molar-refractivity contribution is -0.110. The predicted molar refractivity (Wildman–Crippen MR) is 57.7 cm³/mol. The number of aldehydes is 1. The standard InChI is InChI=1S/C12H22O/c1-11(2)8-6-4-5-7-9-12(3)10-13/h8,10,12H,4-7,9H2,1-3H3. The van der Waals surface area contributed by atoms with Crippen LogP contribution in [0.2, 0.25) is 0 Å². The van der Waals surface area contributed by atoms with Crippen LogP contribution in [0.1, 0.15) is 52.9 Å². The van der Waals surface area contributed by atoms with E-state index in [-0.39, 0.29) is 5.92 Å². The normalized spacial score (nSPS) is 12.2. The molecule has 0 saturated heterocycles. The molecule has 76 valence electrons. The molecule has 0 aromatic carbocycles. The van der Waals surface area contributed by atoms with Crippen LogP contribution >= 0.6 is 0 Å². The number of hydrogen-bond acceptors (Lipinski definition) is 1. The van der Waals surface area contributed by atoms with E-state index in [1.165, 1.54) is 31.3 Å². The first-order chi connectivity index (χ1) is 6.16. The van der Waals surface area contributed by atoms with Crippen LogP contribution in [0.4, 0.5) is 0 Å². The second kappa shape index (κ2) is 8.03. The molecule has 0 spiro atoms. The van der Waals surface area contributed by atoms with Crippen LogP contribution in [0.3, 0.4) is 0 Å². The van der Waals surface area contributed by atoms with Gasteiger partial charge in [-0.15, -0.1) is 0 Å². The minimum atomic E-state index is 0.253. The van der Waals surface area contributed by atoms with Crippen molar-refractivity contribution >= 4 is 6.29 Å². The van der Waals surface area contributed by atoms with Gasteiger partial charge in [0.25, 0.3) is 0 Å². The first-order valence-corrected chi connectivity index (χ1v) is 5.25. The summed E-state index contributed by atoms with van der Waals surface area (Å²) in [6.07, 6.45) is 9.28. The molecule has 0 aliphatic carbocycles. The molecule has 0 radical (unpaired) electrons. The number of carbonyl (C=O) groups is 1. The van der Waals surface area contributed by atoms with E-state index in [1.807, 2.05) is 6.92 Å². The molecule has 1 nitrogen and oxygen atoms in total. The van der Waals surface area contributed by atoms with Crippen molar-refractivity contribution in [2.24, 2.45) is 5.92 Å². The van der Waals surface area contributed by atoms with Crippen molar-refractivity contribution in [3.05, 3.63) is 11.6 Å². The van der Waals surface area contributed by atoms with Gasteiger partial charge in [-0.05, 0) is 33.1 Å². The zero-order valence-corrected chi connectivity index (χ0v) is 9.18.